The molecule has 0 aromatic heterocycles. The van der Waals surface area contributed by atoms with Crippen molar-refractivity contribution in [3.05, 3.63) is 52.5 Å². The third-order valence-corrected chi connectivity index (χ3v) is 6.14. The highest BCUT2D eigenvalue weighted by molar-refractivity contribution is 7.92. The highest BCUT2D eigenvalue weighted by Crippen LogP contribution is 2.32. The third kappa shape index (κ3) is 5.01. The SMILES string of the molecule is CS(=O)(=O)N(CCCC(=O)N1CC(=O)Nc2ccccc21)c1cc(Cl)ccc1Cl. The number of fused-ring (bicyclic) bond motifs is 1. The number of sulfonamides is 1. The molecule has 29 heavy (non-hydrogen) atoms. The van der Waals surface area contributed by atoms with E-state index in [2.05, 4.69) is 5.32 Å². The highest BCUT2D eigenvalue weighted by Gasteiger charge is 2.27. The summed E-state index contributed by atoms with van der Waals surface area (Å²) < 4.78 is 25.6. The second-order valence-corrected chi connectivity index (χ2v) is 9.33. The lowest BCUT2D eigenvalue weighted by atomic mass is 10.1. The molecule has 2 amide bonds. The van der Waals surface area contributed by atoms with Gasteiger partial charge in [0.05, 0.1) is 28.3 Å². The standard InChI is InChI=1S/C19H19Cl2N3O4S/c1-29(27,28)24(17-11-13(20)8-9-14(17)21)10-4-7-19(26)23-12-18(25)22-15-5-2-3-6-16(15)23/h2-3,5-6,8-9,11H,4,7,10,12H2,1H3,(H,22,25). The number of nitrogens with zero attached hydrogens (tertiary/aromatic N) is 2. The van der Waals surface area contributed by atoms with Crippen molar-refractivity contribution >= 4 is 62.1 Å². The summed E-state index contributed by atoms with van der Waals surface area (Å²) in [5.74, 6) is -0.543. The van der Waals surface area contributed by atoms with E-state index in [0.717, 1.165) is 10.6 Å². The number of hydrogen-bond acceptors (Lipinski definition) is 4. The van der Waals surface area contributed by atoms with Crippen LogP contribution >= 0.6 is 23.2 Å². The molecular formula is C19H19Cl2N3O4S. The topological polar surface area (TPSA) is 86.8 Å². The molecular weight excluding hydrogens is 437 g/mol. The molecule has 0 saturated heterocycles. The molecule has 0 radical (unpaired) electrons. The van der Waals surface area contributed by atoms with E-state index in [4.69, 9.17) is 23.2 Å². The van der Waals surface area contributed by atoms with E-state index < -0.39 is 10.0 Å². The fourth-order valence-corrected chi connectivity index (χ4v) is 4.51. The Hall–Kier alpha value is -2.29. The first-order chi connectivity index (χ1) is 13.7. The van der Waals surface area contributed by atoms with Gasteiger partial charge in [0.15, 0.2) is 0 Å². The molecule has 0 unspecified atom stereocenters. The van der Waals surface area contributed by atoms with Crippen molar-refractivity contribution in [2.45, 2.75) is 12.8 Å². The summed E-state index contributed by atoms with van der Waals surface area (Å²) in [6, 6.07) is 11.6. The van der Waals surface area contributed by atoms with Crippen LogP contribution in [0.1, 0.15) is 12.8 Å². The number of hydrogen-bond donors (Lipinski definition) is 1. The zero-order valence-electron chi connectivity index (χ0n) is 15.6. The summed E-state index contributed by atoms with van der Waals surface area (Å²) in [6.07, 6.45) is 1.37. The minimum Gasteiger partial charge on any atom is -0.323 e. The number of rotatable bonds is 6. The maximum Gasteiger partial charge on any atom is 0.244 e. The maximum absolute atomic E-state index is 12.7. The van der Waals surface area contributed by atoms with Gasteiger partial charge in [-0.1, -0.05) is 35.3 Å². The van der Waals surface area contributed by atoms with E-state index in [1.807, 2.05) is 0 Å². The van der Waals surface area contributed by atoms with Gasteiger partial charge in [0, 0.05) is 18.0 Å². The van der Waals surface area contributed by atoms with Crippen LogP contribution in [0.15, 0.2) is 42.5 Å². The van der Waals surface area contributed by atoms with E-state index in [1.54, 1.807) is 30.3 Å². The Kier molecular flexibility index (Phi) is 6.36. The summed E-state index contributed by atoms with van der Waals surface area (Å²) in [5.41, 5.74) is 1.45. The minimum absolute atomic E-state index is 0.0479. The minimum atomic E-state index is -3.64. The Morgan fingerprint density at radius 1 is 1.21 bits per heavy atom. The van der Waals surface area contributed by atoms with E-state index >= 15 is 0 Å². The van der Waals surface area contributed by atoms with Crippen LogP contribution in [0.3, 0.4) is 0 Å². The van der Waals surface area contributed by atoms with E-state index in [9.17, 15) is 18.0 Å². The smallest absolute Gasteiger partial charge is 0.244 e. The largest absolute Gasteiger partial charge is 0.323 e. The molecule has 1 aliphatic rings. The summed E-state index contributed by atoms with van der Waals surface area (Å²) >= 11 is 12.1. The van der Waals surface area contributed by atoms with Crippen LogP contribution in [0.4, 0.5) is 17.1 Å². The van der Waals surface area contributed by atoms with Crippen molar-refractivity contribution < 1.29 is 18.0 Å². The van der Waals surface area contributed by atoms with Crippen LogP contribution in [0, 0.1) is 0 Å². The van der Waals surface area contributed by atoms with Gasteiger partial charge in [-0.2, -0.15) is 0 Å². The van der Waals surface area contributed by atoms with Crippen LogP contribution in [-0.2, 0) is 19.6 Å². The third-order valence-electron chi connectivity index (χ3n) is 4.40. The van der Waals surface area contributed by atoms with Crippen LogP contribution in [0.5, 0.6) is 0 Å². The lowest BCUT2D eigenvalue weighted by Crippen LogP contribution is -2.42. The van der Waals surface area contributed by atoms with Crippen LogP contribution < -0.4 is 14.5 Å². The first-order valence-electron chi connectivity index (χ1n) is 8.79. The Labute approximate surface area is 179 Å². The second kappa shape index (κ2) is 8.61. The second-order valence-electron chi connectivity index (χ2n) is 6.58. The zero-order chi connectivity index (χ0) is 21.2. The van der Waals surface area contributed by atoms with Crippen LogP contribution in [0.2, 0.25) is 10.0 Å². The van der Waals surface area contributed by atoms with Gasteiger partial charge in [-0.15, -0.1) is 0 Å². The number of nitrogens with one attached hydrogen (secondary N) is 1. The van der Waals surface area contributed by atoms with Gasteiger partial charge < -0.3 is 10.2 Å². The molecule has 2 aromatic rings. The number of anilines is 3. The quantitative estimate of drug-likeness (QED) is 0.721. The van der Waals surface area contributed by atoms with Gasteiger partial charge in [0.1, 0.15) is 6.54 Å². The van der Waals surface area contributed by atoms with Crippen LogP contribution in [-0.4, -0.2) is 39.6 Å². The van der Waals surface area contributed by atoms with E-state index in [-0.39, 0.29) is 48.5 Å². The molecule has 0 fully saturated rings. The number of carbonyl (C=O) groups excluding carboxylic acids is 2. The lowest BCUT2D eigenvalue weighted by molar-refractivity contribution is -0.121. The molecule has 0 bridgehead atoms. The molecule has 7 nitrogen and oxygen atoms in total. The molecule has 0 atom stereocenters. The van der Waals surface area contributed by atoms with Crippen LogP contribution in [0.25, 0.3) is 0 Å². The van der Waals surface area contributed by atoms with Crippen molar-refractivity contribution in [3.63, 3.8) is 0 Å². The normalized spacial score (nSPS) is 13.6. The van der Waals surface area contributed by atoms with Crippen molar-refractivity contribution in [3.8, 4) is 0 Å². The Bertz CT molecular complexity index is 1060. The molecule has 1 heterocycles. The summed E-state index contributed by atoms with van der Waals surface area (Å²) in [6.45, 7) is -0.0297. The van der Waals surface area contributed by atoms with E-state index in [1.165, 1.54) is 17.0 Å². The monoisotopic (exact) mass is 455 g/mol. The van der Waals surface area contributed by atoms with Gasteiger partial charge in [0.2, 0.25) is 21.8 Å². The lowest BCUT2D eigenvalue weighted by Gasteiger charge is -2.29. The molecule has 1 aliphatic heterocycles. The fourth-order valence-electron chi connectivity index (χ4n) is 3.11. The van der Waals surface area contributed by atoms with Crippen molar-refractivity contribution in [1.82, 2.24) is 0 Å². The van der Waals surface area contributed by atoms with E-state index in [0.29, 0.717) is 16.4 Å². The molecule has 10 heteroatoms. The molecule has 2 aromatic carbocycles. The number of amides is 2. The fraction of sp³-hybridized carbons (Fsp3) is 0.263. The number of para-hydroxylation sites is 2. The summed E-state index contributed by atoms with van der Waals surface area (Å²) in [7, 11) is -3.64. The van der Waals surface area contributed by atoms with Crippen molar-refractivity contribution in [2.24, 2.45) is 0 Å². The highest BCUT2D eigenvalue weighted by atomic mass is 35.5. The molecule has 1 N–H and O–H groups in total. The number of benzene rings is 2. The summed E-state index contributed by atoms with van der Waals surface area (Å²) in [5, 5.41) is 3.32. The molecule has 3 rings (SSSR count). The first-order valence-corrected chi connectivity index (χ1v) is 11.4. The maximum atomic E-state index is 12.7. The Morgan fingerprint density at radius 3 is 2.66 bits per heavy atom. The van der Waals surface area contributed by atoms with Gasteiger partial charge in [-0.3, -0.25) is 13.9 Å². The number of halogens is 2. The predicted molar refractivity (Wildman–Crippen MR) is 115 cm³/mol. The molecule has 0 aliphatic carbocycles. The van der Waals surface area contributed by atoms with Crippen molar-refractivity contribution in [2.75, 3.05) is 33.9 Å². The molecule has 0 spiro atoms. The predicted octanol–water partition coefficient (Wildman–Crippen LogP) is 3.52. The van der Waals surface area contributed by atoms with Gasteiger partial charge in [-0.25, -0.2) is 8.42 Å². The first kappa shape index (κ1) is 21.4. The molecule has 154 valence electrons. The van der Waals surface area contributed by atoms with Gasteiger partial charge >= 0.3 is 0 Å². The van der Waals surface area contributed by atoms with Gasteiger partial charge in [-0.05, 0) is 36.8 Å². The average Bonchev–Trinajstić information content (AvgIpc) is 2.65. The van der Waals surface area contributed by atoms with Gasteiger partial charge in [0.25, 0.3) is 0 Å². The Morgan fingerprint density at radius 2 is 1.93 bits per heavy atom. The van der Waals surface area contributed by atoms with Crippen molar-refractivity contribution in [1.29, 1.82) is 0 Å². The summed E-state index contributed by atoms with van der Waals surface area (Å²) in [4.78, 5) is 26.0. The average molecular weight is 456 g/mol. The number of carbonyl (C=O) groups is 2. The molecule has 0 saturated carbocycles. The Balaban J connectivity index is 1.73. The zero-order valence-corrected chi connectivity index (χ0v) is 17.9.